The summed E-state index contributed by atoms with van der Waals surface area (Å²) in [5.74, 6) is 0. The average Bonchev–Trinajstić information content (AvgIpc) is 3.14. The van der Waals surface area contributed by atoms with Crippen LogP contribution in [-0.4, -0.2) is 31.0 Å². The number of alkyl halides is 1. The van der Waals surface area contributed by atoms with E-state index in [-0.39, 0.29) is 0 Å². The van der Waals surface area contributed by atoms with E-state index in [9.17, 15) is 0 Å². The van der Waals surface area contributed by atoms with E-state index in [0.29, 0.717) is 43.4 Å². The second-order valence-electron chi connectivity index (χ2n) is 11.9. The van der Waals surface area contributed by atoms with Crippen molar-refractivity contribution in [3.8, 4) is 0 Å². The SMILES string of the molecule is Clc1ccc([C@@H]2O[C@H](COCc3ccccc3)[C@@H](OCc3ccccc3)[C@H](OCc3ccccc3)[C@H]2OCc2ccccc2)cc1CBr. The third-order valence-corrected chi connectivity index (χ3v) is 9.40. The van der Waals surface area contributed by atoms with Gasteiger partial charge in [-0.25, -0.2) is 0 Å². The fourth-order valence-electron chi connectivity index (χ4n) is 5.93. The molecule has 1 aliphatic heterocycles. The van der Waals surface area contributed by atoms with Crippen LogP contribution in [0.4, 0.5) is 0 Å². The number of rotatable bonds is 15. The zero-order valence-corrected chi connectivity index (χ0v) is 29.0. The first-order chi connectivity index (χ1) is 23.7. The smallest absolute Gasteiger partial charge is 0.117 e. The Labute approximate surface area is 296 Å². The Bertz CT molecular complexity index is 1660. The highest BCUT2D eigenvalue weighted by atomic mass is 79.9. The maximum absolute atomic E-state index is 7.02. The summed E-state index contributed by atoms with van der Waals surface area (Å²) in [7, 11) is 0. The number of hydrogen-bond donors (Lipinski definition) is 0. The largest absolute Gasteiger partial charge is 0.374 e. The molecule has 1 heterocycles. The molecule has 5 atom stereocenters. The van der Waals surface area contributed by atoms with Crippen LogP contribution in [0.3, 0.4) is 0 Å². The predicted molar refractivity (Wildman–Crippen MR) is 193 cm³/mol. The van der Waals surface area contributed by atoms with E-state index < -0.39 is 30.5 Å². The minimum absolute atomic E-state index is 0.306. The van der Waals surface area contributed by atoms with Crippen molar-refractivity contribution in [2.24, 2.45) is 0 Å². The molecule has 0 bridgehead atoms. The van der Waals surface area contributed by atoms with Crippen LogP contribution in [0.25, 0.3) is 0 Å². The van der Waals surface area contributed by atoms with Gasteiger partial charge in [0.2, 0.25) is 0 Å². The van der Waals surface area contributed by atoms with Gasteiger partial charge in [-0.2, -0.15) is 0 Å². The highest BCUT2D eigenvalue weighted by Gasteiger charge is 2.49. The lowest BCUT2D eigenvalue weighted by molar-refractivity contribution is -0.275. The molecule has 0 N–H and O–H groups in total. The average molecular weight is 728 g/mol. The molecule has 5 aromatic carbocycles. The van der Waals surface area contributed by atoms with Crippen molar-refractivity contribution in [3.05, 3.63) is 178 Å². The lowest BCUT2D eigenvalue weighted by Gasteiger charge is -2.46. The molecule has 6 rings (SSSR count). The van der Waals surface area contributed by atoms with Crippen molar-refractivity contribution in [1.82, 2.24) is 0 Å². The highest BCUT2D eigenvalue weighted by molar-refractivity contribution is 9.08. The fraction of sp³-hybridized carbons (Fsp3) is 0.268. The van der Waals surface area contributed by atoms with Gasteiger partial charge in [0.05, 0.1) is 33.0 Å². The Morgan fingerprint density at radius 1 is 0.542 bits per heavy atom. The molecule has 5 aromatic rings. The number of benzene rings is 5. The van der Waals surface area contributed by atoms with Crippen LogP contribution in [0.2, 0.25) is 5.02 Å². The highest BCUT2D eigenvalue weighted by Crippen LogP contribution is 2.39. The molecule has 7 heteroatoms. The van der Waals surface area contributed by atoms with Gasteiger partial charge in [-0.3, -0.25) is 0 Å². The summed E-state index contributed by atoms with van der Waals surface area (Å²) in [6, 6.07) is 46.7. The molecule has 1 saturated heterocycles. The molecule has 1 fully saturated rings. The molecular weight excluding hydrogens is 688 g/mol. The maximum atomic E-state index is 7.02. The standard InChI is InChI=1S/C41H40BrClO5/c42-24-35-23-34(21-22-36(35)43)38-40(46-27-32-17-9-3-10-18-32)41(47-28-33-19-11-4-12-20-33)39(45-26-31-15-7-2-8-16-31)37(48-38)29-44-25-30-13-5-1-6-14-30/h1-23,37-41H,24-29H2/t37-,38+,39-,40+,41+/m1/s1. The Morgan fingerprint density at radius 2 is 1.00 bits per heavy atom. The topological polar surface area (TPSA) is 46.2 Å². The van der Waals surface area contributed by atoms with E-state index >= 15 is 0 Å². The molecule has 248 valence electrons. The van der Waals surface area contributed by atoms with Gasteiger partial charge in [-0.15, -0.1) is 0 Å². The molecule has 0 amide bonds. The van der Waals surface area contributed by atoms with Gasteiger partial charge in [0, 0.05) is 10.4 Å². The molecule has 0 aromatic heterocycles. The predicted octanol–water partition coefficient (Wildman–Crippen LogP) is 9.65. The molecule has 1 aliphatic rings. The van der Waals surface area contributed by atoms with Crippen LogP contribution in [0.5, 0.6) is 0 Å². The van der Waals surface area contributed by atoms with Gasteiger partial charge < -0.3 is 23.7 Å². The van der Waals surface area contributed by atoms with E-state index in [1.165, 1.54) is 0 Å². The first kappa shape index (κ1) is 34.5. The molecule has 0 spiro atoms. The zero-order valence-electron chi connectivity index (χ0n) is 26.7. The Morgan fingerprint density at radius 3 is 1.50 bits per heavy atom. The Hall–Kier alpha value is -3.33. The number of ether oxygens (including phenoxy) is 5. The van der Waals surface area contributed by atoms with Gasteiger partial charge in [0.15, 0.2) is 0 Å². The fourth-order valence-corrected chi connectivity index (χ4v) is 6.74. The van der Waals surface area contributed by atoms with Crippen molar-refractivity contribution >= 4 is 27.5 Å². The normalized spacial score (nSPS) is 20.8. The van der Waals surface area contributed by atoms with Gasteiger partial charge in [0.25, 0.3) is 0 Å². The van der Waals surface area contributed by atoms with Crippen molar-refractivity contribution in [3.63, 3.8) is 0 Å². The van der Waals surface area contributed by atoms with Crippen molar-refractivity contribution < 1.29 is 23.7 Å². The molecular formula is C41H40BrClO5. The third-order valence-electron chi connectivity index (χ3n) is 8.43. The van der Waals surface area contributed by atoms with Crippen LogP contribution in [-0.2, 0) is 55.4 Å². The maximum Gasteiger partial charge on any atom is 0.117 e. The molecule has 0 aliphatic carbocycles. The summed E-state index contributed by atoms with van der Waals surface area (Å²) >= 11 is 10.2. The first-order valence-corrected chi connectivity index (χ1v) is 17.8. The van der Waals surface area contributed by atoms with Crippen molar-refractivity contribution in [2.45, 2.75) is 62.3 Å². The van der Waals surface area contributed by atoms with Crippen LogP contribution in [0.1, 0.15) is 39.5 Å². The number of halogens is 2. The summed E-state index contributed by atoms with van der Waals surface area (Å²) < 4.78 is 33.8. The van der Waals surface area contributed by atoms with E-state index in [4.69, 9.17) is 35.3 Å². The molecule has 0 radical (unpaired) electrons. The van der Waals surface area contributed by atoms with Gasteiger partial charge >= 0.3 is 0 Å². The van der Waals surface area contributed by atoms with E-state index in [2.05, 4.69) is 70.5 Å². The summed E-state index contributed by atoms with van der Waals surface area (Å²) in [5, 5.41) is 1.30. The second kappa shape index (κ2) is 17.9. The molecule has 5 nitrogen and oxygen atoms in total. The monoisotopic (exact) mass is 726 g/mol. The summed E-state index contributed by atoms with van der Waals surface area (Å²) in [5.41, 5.74) is 6.20. The van der Waals surface area contributed by atoms with Gasteiger partial charge in [-0.1, -0.05) is 161 Å². The van der Waals surface area contributed by atoms with Crippen LogP contribution in [0.15, 0.2) is 140 Å². The Balaban J connectivity index is 1.36. The van der Waals surface area contributed by atoms with Gasteiger partial charge in [0.1, 0.15) is 30.5 Å². The lowest BCUT2D eigenvalue weighted by Crippen LogP contribution is -2.58. The van der Waals surface area contributed by atoms with Crippen LogP contribution >= 0.6 is 27.5 Å². The lowest BCUT2D eigenvalue weighted by atomic mass is 9.89. The summed E-state index contributed by atoms with van der Waals surface area (Å²) in [6.07, 6.45) is -2.44. The van der Waals surface area contributed by atoms with Crippen molar-refractivity contribution in [2.75, 3.05) is 6.61 Å². The molecule has 0 unspecified atom stereocenters. The summed E-state index contributed by atoms with van der Waals surface area (Å²) in [4.78, 5) is 0. The quantitative estimate of drug-likeness (QED) is 0.101. The van der Waals surface area contributed by atoms with Crippen LogP contribution < -0.4 is 0 Å². The van der Waals surface area contributed by atoms with Gasteiger partial charge in [-0.05, 0) is 39.4 Å². The van der Waals surface area contributed by atoms with E-state index in [1.54, 1.807) is 0 Å². The first-order valence-electron chi connectivity index (χ1n) is 16.3. The van der Waals surface area contributed by atoms with E-state index in [1.807, 2.05) is 84.9 Å². The minimum atomic E-state index is -0.510. The zero-order chi connectivity index (χ0) is 33.0. The minimum Gasteiger partial charge on any atom is -0.374 e. The second-order valence-corrected chi connectivity index (χ2v) is 12.8. The molecule has 48 heavy (non-hydrogen) atoms. The third kappa shape index (κ3) is 9.42. The summed E-state index contributed by atoms with van der Waals surface area (Å²) in [6.45, 7) is 1.92. The van der Waals surface area contributed by atoms with E-state index in [0.717, 1.165) is 33.4 Å². The Kier molecular flexibility index (Phi) is 12.9. The number of hydrogen-bond acceptors (Lipinski definition) is 5. The van der Waals surface area contributed by atoms with Crippen molar-refractivity contribution in [1.29, 1.82) is 0 Å². The molecule has 0 saturated carbocycles. The van der Waals surface area contributed by atoms with Crippen LogP contribution in [0, 0.1) is 0 Å².